The molecule has 0 radical (unpaired) electrons. The van der Waals surface area contributed by atoms with Gasteiger partial charge in [-0.15, -0.1) is 11.3 Å². The Hall–Kier alpha value is -2.34. The minimum atomic E-state index is -0.0462. The molecule has 1 aliphatic heterocycles. The van der Waals surface area contributed by atoms with Crippen molar-refractivity contribution in [2.24, 2.45) is 0 Å². The summed E-state index contributed by atoms with van der Waals surface area (Å²) in [4.78, 5) is 28.3. The molecule has 0 atom stereocenters. The van der Waals surface area contributed by atoms with Gasteiger partial charge >= 0.3 is 0 Å². The molecule has 3 rings (SSSR count). The van der Waals surface area contributed by atoms with Gasteiger partial charge in [-0.05, 0) is 55.5 Å². The Kier molecular flexibility index (Phi) is 7.09. The summed E-state index contributed by atoms with van der Waals surface area (Å²) in [5.74, 6) is 1.02. The van der Waals surface area contributed by atoms with Crippen molar-refractivity contribution in [1.29, 1.82) is 0 Å². The van der Waals surface area contributed by atoms with Crippen LogP contribution in [-0.2, 0) is 4.79 Å². The Morgan fingerprint density at radius 3 is 2.75 bits per heavy atom. The summed E-state index contributed by atoms with van der Waals surface area (Å²) in [6.07, 6.45) is 4.66. The van der Waals surface area contributed by atoms with E-state index in [0.29, 0.717) is 17.8 Å². The molecule has 28 heavy (non-hydrogen) atoms. The second kappa shape index (κ2) is 9.73. The van der Waals surface area contributed by atoms with Gasteiger partial charge in [-0.2, -0.15) is 0 Å². The molecule has 0 unspecified atom stereocenters. The summed E-state index contributed by atoms with van der Waals surface area (Å²) in [6.45, 7) is 4.19. The summed E-state index contributed by atoms with van der Waals surface area (Å²) in [5.41, 5.74) is 2.15. The number of rotatable bonds is 7. The van der Waals surface area contributed by atoms with Crippen LogP contribution < -0.4 is 10.1 Å². The van der Waals surface area contributed by atoms with E-state index in [9.17, 15) is 9.59 Å². The lowest BCUT2D eigenvalue weighted by Crippen LogP contribution is -2.33. The van der Waals surface area contributed by atoms with Gasteiger partial charge in [-0.3, -0.25) is 9.59 Å². The average molecular weight is 401 g/mol. The van der Waals surface area contributed by atoms with E-state index >= 15 is 0 Å². The number of hydrogen-bond donors (Lipinski definition) is 1. The van der Waals surface area contributed by atoms with Crippen LogP contribution in [0, 0.1) is 6.92 Å². The fraction of sp³-hybridized carbons (Fsp3) is 0.455. The molecule has 0 saturated carbocycles. The van der Waals surface area contributed by atoms with Crippen molar-refractivity contribution >= 4 is 23.2 Å². The van der Waals surface area contributed by atoms with Crippen molar-refractivity contribution < 1.29 is 14.3 Å². The molecule has 1 aromatic heterocycles. The number of hydrogen-bond acceptors (Lipinski definition) is 4. The topological polar surface area (TPSA) is 58.6 Å². The number of amides is 2. The first-order chi connectivity index (χ1) is 13.6. The van der Waals surface area contributed by atoms with Crippen molar-refractivity contribution in [3.8, 4) is 16.9 Å². The fourth-order valence-corrected chi connectivity index (χ4v) is 4.44. The monoisotopic (exact) mass is 400 g/mol. The zero-order valence-corrected chi connectivity index (χ0v) is 17.4. The Morgan fingerprint density at radius 1 is 1.21 bits per heavy atom. The summed E-state index contributed by atoms with van der Waals surface area (Å²) >= 11 is 1.51. The normalized spacial score (nSPS) is 14.6. The number of carbonyl (C=O) groups excluding carboxylic acids is 2. The largest absolute Gasteiger partial charge is 0.497 e. The molecule has 1 aromatic carbocycles. The summed E-state index contributed by atoms with van der Waals surface area (Å²) in [6, 6.07) is 9.82. The van der Waals surface area contributed by atoms with Gasteiger partial charge in [0.25, 0.3) is 5.91 Å². The van der Waals surface area contributed by atoms with Gasteiger partial charge in [0.2, 0.25) is 5.91 Å². The van der Waals surface area contributed by atoms with E-state index in [1.807, 2.05) is 42.2 Å². The van der Waals surface area contributed by atoms with Crippen LogP contribution in [0.1, 0.15) is 46.7 Å². The SMILES string of the molecule is COc1ccc(-c2cc(C(=O)NCCCN3CCCCCC3=O)sc2C)cc1. The second-order valence-electron chi connectivity index (χ2n) is 7.11. The maximum atomic E-state index is 12.5. The van der Waals surface area contributed by atoms with Crippen LogP contribution in [0.4, 0.5) is 0 Å². The van der Waals surface area contributed by atoms with Gasteiger partial charge in [0.15, 0.2) is 0 Å². The molecule has 1 saturated heterocycles. The molecule has 0 spiro atoms. The highest BCUT2D eigenvalue weighted by Crippen LogP contribution is 2.32. The Balaban J connectivity index is 1.52. The number of benzene rings is 1. The molecular formula is C22H28N2O3S. The van der Waals surface area contributed by atoms with Crippen LogP contribution >= 0.6 is 11.3 Å². The Labute approximate surface area is 170 Å². The minimum Gasteiger partial charge on any atom is -0.497 e. The van der Waals surface area contributed by atoms with Gasteiger partial charge in [0.05, 0.1) is 12.0 Å². The number of thiophene rings is 1. The number of nitrogens with one attached hydrogen (secondary N) is 1. The first-order valence-corrected chi connectivity index (χ1v) is 10.7. The lowest BCUT2D eigenvalue weighted by molar-refractivity contribution is -0.130. The van der Waals surface area contributed by atoms with E-state index in [1.165, 1.54) is 11.3 Å². The third-order valence-electron chi connectivity index (χ3n) is 5.10. The quantitative estimate of drug-likeness (QED) is 0.707. The van der Waals surface area contributed by atoms with Crippen molar-refractivity contribution in [2.75, 3.05) is 26.7 Å². The predicted octanol–water partition coefficient (Wildman–Crippen LogP) is 4.25. The smallest absolute Gasteiger partial charge is 0.261 e. The number of methoxy groups -OCH3 is 1. The van der Waals surface area contributed by atoms with Crippen LogP contribution in [0.5, 0.6) is 5.75 Å². The molecular weight excluding hydrogens is 372 g/mol. The van der Waals surface area contributed by atoms with Gasteiger partial charge in [-0.25, -0.2) is 0 Å². The van der Waals surface area contributed by atoms with Crippen molar-refractivity contribution in [1.82, 2.24) is 10.2 Å². The zero-order chi connectivity index (χ0) is 19.9. The highest BCUT2D eigenvalue weighted by atomic mass is 32.1. The summed E-state index contributed by atoms with van der Waals surface area (Å²) < 4.78 is 5.20. The number of nitrogens with zero attached hydrogens (tertiary/aromatic N) is 1. The highest BCUT2D eigenvalue weighted by Gasteiger charge is 2.17. The zero-order valence-electron chi connectivity index (χ0n) is 16.6. The molecule has 2 amide bonds. The molecule has 0 aliphatic carbocycles. The van der Waals surface area contributed by atoms with Crippen LogP contribution in [0.25, 0.3) is 11.1 Å². The standard InChI is InChI=1S/C22H28N2O3S/c1-16-19(17-8-10-18(27-2)11-9-17)15-20(28-16)22(26)23-12-6-14-24-13-5-3-4-7-21(24)25/h8-11,15H,3-7,12-14H2,1-2H3,(H,23,26). The maximum absolute atomic E-state index is 12.5. The number of ether oxygens (including phenoxy) is 1. The first kappa shape index (κ1) is 20.4. The maximum Gasteiger partial charge on any atom is 0.261 e. The van der Waals surface area contributed by atoms with Crippen LogP contribution in [0.3, 0.4) is 0 Å². The molecule has 2 aromatic rings. The predicted molar refractivity (Wildman–Crippen MR) is 113 cm³/mol. The number of aryl methyl sites for hydroxylation is 1. The molecule has 2 heterocycles. The molecule has 1 aliphatic rings. The van der Waals surface area contributed by atoms with Crippen molar-refractivity contribution in [2.45, 2.75) is 39.0 Å². The van der Waals surface area contributed by atoms with Crippen LogP contribution in [0.15, 0.2) is 30.3 Å². The molecule has 1 N–H and O–H groups in total. The third kappa shape index (κ3) is 5.13. The summed E-state index contributed by atoms with van der Waals surface area (Å²) in [7, 11) is 1.65. The Bertz CT molecular complexity index is 814. The van der Waals surface area contributed by atoms with E-state index in [4.69, 9.17) is 4.74 Å². The van der Waals surface area contributed by atoms with Gasteiger partial charge in [-0.1, -0.05) is 18.6 Å². The van der Waals surface area contributed by atoms with Gasteiger partial charge in [0, 0.05) is 30.9 Å². The molecule has 5 nitrogen and oxygen atoms in total. The van der Waals surface area contributed by atoms with Crippen molar-refractivity contribution in [3.63, 3.8) is 0 Å². The van der Waals surface area contributed by atoms with E-state index in [0.717, 1.165) is 60.5 Å². The molecule has 0 bridgehead atoms. The lowest BCUT2D eigenvalue weighted by Gasteiger charge is -2.20. The molecule has 150 valence electrons. The minimum absolute atomic E-state index is 0.0462. The van der Waals surface area contributed by atoms with E-state index in [2.05, 4.69) is 5.32 Å². The summed E-state index contributed by atoms with van der Waals surface area (Å²) in [5, 5.41) is 2.99. The molecule has 6 heteroatoms. The third-order valence-corrected chi connectivity index (χ3v) is 6.15. The van der Waals surface area contributed by atoms with Crippen LogP contribution in [-0.4, -0.2) is 43.5 Å². The lowest BCUT2D eigenvalue weighted by atomic mass is 10.1. The Morgan fingerprint density at radius 2 is 2.00 bits per heavy atom. The van der Waals surface area contributed by atoms with Crippen molar-refractivity contribution in [3.05, 3.63) is 40.1 Å². The van der Waals surface area contributed by atoms with E-state index < -0.39 is 0 Å². The second-order valence-corrected chi connectivity index (χ2v) is 8.37. The fourth-order valence-electron chi connectivity index (χ4n) is 3.49. The van der Waals surface area contributed by atoms with Crippen LogP contribution in [0.2, 0.25) is 0 Å². The average Bonchev–Trinajstić information content (AvgIpc) is 2.98. The van der Waals surface area contributed by atoms with Gasteiger partial charge < -0.3 is 15.0 Å². The number of carbonyl (C=O) groups is 2. The highest BCUT2D eigenvalue weighted by molar-refractivity contribution is 7.14. The van der Waals surface area contributed by atoms with E-state index in [-0.39, 0.29) is 11.8 Å². The molecule has 1 fully saturated rings. The van der Waals surface area contributed by atoms with E-state index in [1.54, 1.807) is 7.11 Å². The first-order valence-electron chi connectivity index (χ1n) is 9.89. The van der Waals surface area contributed by atoms with Gasteiger partial charge in [0.1, 0.15) is 5.75 Å². The number of likely N-dealkylation sites (tertiary alicyclic amines) is 1.